The van der Waals surface area contributed by atoms with Gasteiger partial charge in [0, 0.05) is 13.7 Å². The summed E-state index contributed by atoms with van der Waals surface area (Å²) in [6.45, 7) is 4.64. The van der Waals surface area contributed by atoms with Crippen molar-refractivity contribution in [3.63, 3.8) is 0 Å². The molecule has 0 amide bonds. The first kappa shape index (κ1) is 20.1. The fourth-order valence-electron chi connectivity index (χ4n) is 2.13. The van der Waals surface area contributed by atoms with E-state index in [1.165, 1.54) is 6.92 Å². The van der Waals surface area contributed by atoms with Crippen LogP contribution in [0.1, 0.15) is 58.8 Å². The number of carbonyl (C=O) groups is 2. The van der Waals surface area contributed by atoms with Gasteiger partial charge in [-0.05, 0) is 26.7 Å². The van der Waals surface area contributed by atoms with Crippen molar-refractivity contribution in [3.8, 4) is 0 Å². The number of Topliss-reactive ketones (excluding diaryl/α,β-unsaturated/α-hetero) is 1. The molecule has 0 aliphatic carbocycles. The summed E-state index contributed by atoms with van der Waals surface area (Å²) in [5.74, 6) is -1.04. The lowest BCUT2D eigenvalue weighted by atomic mass is 9.97. The molecule has 0 fully saturated rings. The summed E-state index contributed by atoms with van der Waals surface area (Å²) in [4.78, 5) is 23.0. The van der Waals surface area contributed by atoms with Gasteiger partial charge in [-0.25, -0.2) is 0 Å². The van der Waals surface area contributed by atoms with E-state index in [9.17, 15) is 9.59 Å². The van der Waals surface area contributed by atoms with Crippen molar-refractivity contribution >= 4 is 11.8 Å². The molecule has 0 aromatic rings. The molecule has 0 heterocycles. The van der Waals surface area contributed by atoms with E-state index in [2.05, 4.69) is 0 Å². The molecule has 5 heteroatoms. The molecule has 0 bridgehead atoms. The van der Waals surface area contributed by atoms with E-state index in [1.54, 1.807) is 14.0 Å². The van der Waals surface area contributed by atoms with Crippen LogP contribution in [-0.2, 0) is 23.8 Å². The third kappa shape index (κ3) is 11.4. The highest BCUT2D eigenvalue weighted by atomic mass is 16.7. The van der Waals surface area contributed by atoms with E-state index in [-0.39, 0.29) is 11.8 Å². The molecule has 0 spiro atoms. The van der Waals surface area contributed by atoms with Crippen LogP contribution < -0.4 is 0 Å². The molecule has 1 unspecified atom stereocenters. The van der Waals surface area contributed by atoms with Gasteiger partial charge in [0.25, 0.3) is 0 Å². The number of hydrogen-bond donors (Lipinski definition) is 0. The summed E-state index contributed by atoms with van der Waals surface area (Å²) in [5.41, 5.74) is 0. The van der Waals surface area contributed by atoms with Crippen LogP contribution in [0, 0.1) is 5.92 Å². The average molecular weight is 302 g/mol. The first-order valence-corrected chi connectivity index (χ1v) is 7.87. The monoisotopic (exact) mass is 302 g/mol. The van der Waals surface area contributed by atoms with Gasteiger partial charge in [-0.15, -0.1) is 0 Å². The predicted molar refractivity (Wildman–Crippen MR) is 81.0 cm³/mol. The number of carbonyl (C=O) groups excluding carboxylic acids is 2. The molecule has 0 aromatic heterocycles. The van der Waals surface area contributed by atoms with Gasteiger partial charge in [0.2, 0.25) is 0 Å². The Morgan fingerprint density at radius 1 is 1.00 bits per heavy atom. The first-order valence-electron chi connectivity index (χ1n) is 7.87. The quantitative estimate of drug-likeness (QED) is 0.213. The topological polar surface area (TPSA) is 61.8 Å². The Bertz CT molecular complexity index is 278. The molecule has 0 radical (unpaired) electrons. The minimum Gasteiger partial charge on any atom is -0.465 e. The van der Waals surface area contributed by atoms with Crippen molar-refractivity contribution in [2.75, 3.05) is 27.1 Å². The molecule has 5 nitrogen and oxygen atoms in total. The normalized spacial score (nSPS) is 12.1. The Balaban J connectivity index is 3.54. The van der Waals surface area contributed by atoms with Gasteiger partial charge < -0.3 is 14.2 Å². The zero-order chi connectivity index (χ0) is 15.9. The summed E-state index contributed by atoms with van der Waals surface area (Å²) >= 11 is 0. The number of esters is 1. The van der Waals surface area contributed by atoms with Crippen molar-refractivity contribution in [3.05, 3.63) is 0 Å². The molecule has 1 atom stereocenters. The second-order valence-corrected chi connectivity index (χ2v) is 5.14. The number of unbranched alkanes of at least 4 members (excludes halogenated alkanes) is 5. The van der Waals surface area contributed by atoms with Crippen molar-refractivity contribution in [1.82, 2.24) is 0 Å². The third-order valence-electron chi connectivity index (χ3n) is 3.29. The fraction of sp³-hybridized carbons (Fsp3) is 0.875. The highest BCUT2D eigenvalue weighted by Crippen LogP contribution is 2.15. The van der Waals surface area contributed by atoms with Gasteiger partial charge in [0.1, 0.15) is 18.5 Å². The number of methoxy groups -OCH3 is 1. The van der Waals surface area contributed by atoms with Crippen LogP contribution in [0.3, 0.4) is 0 Å². The minimum absolute atomic E-state index is 0.0938. The van der Waals surface area contributed by atoms with E-state index in [1.807, 2.05) is 0 Å². The van der Waals surface area contributed by atoms with Crippen LogP contribution in [0.15, 0.2) is 0 Å². The molecular weight excluding hydrogens is 272 g/mol. The molecule has 0 aromatic carbocycles. The Morgan fingerprint density at radius 2 is 1.62 bits per heavy atom. The number of rotatable bonds is 14. The Labute approximate surface area is 128 Å². The lowest BCUT2D eigenvalue weighted by Crippen LogP contribution is -2.24. The molecule has 0 N–H and O–H groups in total. The molecule has 0 aliphatic heterocycles. The van der Waals surface area contributed by atoms with Crippen molar-refractivity contribution < 1.29 is 23.8 Å². The van der Waals surface area contributed by atoms with Crippen LogP contribution >= 0.6 is 0 Å². The van der Waals surface area contributed by atoms with Crippen LogP contribution in [-0.4, -0.2) is 38.9 Å². The fourth-order valence-corrected chi connectivity index (χ4v) is 2.13. The molecular formula is C16H30O5. The van der Waals surface area contributed by atoms with Gasteiger partial charge in [0.15, 0.2) is 0 Å². The molecule has 0 saturated heterocycles. The lowest BCUT2D eigenvalue weighted by Gasteiger charge is -2.12. The van der Waals surface area contributed by atoms with Gasteiger partial charge in [-0.1, -0.05) is 32.1 Å². The SMILES string of the molecule is CCOC(=O)C(CCCCCCCCOCOC)C(C)=O. The second kappa shape index (κ2) is 14.0. The summed E-state index contributed by atoms with van der Waals surface area (Å²) in [6, 6.07) is 0. The highest BCUT2D eigenvalue weighted by Gasteiger charge is 2.23. The maximum Gasteiger partial charge on any atom is 0.316 e. The van der Waals surface area contributed by atoms with E-state index in [4.69, 9.17) is 14.2 Å². The van der Waals surface area contributed by atoms with Crippen LogP contribution in [0.2, 0.25) is 0 Å². The second-order valence-electron chi connectivity index (χ2n) is 5.14. The third-order valence-corrected chi connectivity index (χ3v) is 3.29. The first-order chi connectivity index (χ1) is 10.1. The average Bonchev–Trinajstić information content (AvgIpc) is 2.44. The van der Waals surface area contributed by atoms with Gasteiger partial charge in [0.05, 0.1) is 6.61 Å². The Hall–Kier alpha value is -0.940. The lowest BCUT2D eigenvalue weighted by molar-refractivity contribution is -0.151. The largest absolute Gasteiger partial charge is 0.465 e. The highest BCUT2D eigenvalue weighted by molar-refractivity contribution is 5.97. The maximum absolute atomic E-state index is 11.6. The van der Waals surface area contributed by atoms with Gasteiger partial charge in [-0.2, -0.15) is 0 Å². The van der Waals surface area contributed by atoms with Crippen molar-refractivity contribution in [2.24, 2.45) is 5.92 Å². The molecule has 21 heavy (non-hydrogen) atoms. The predicted octanol–water partition coefficient (Wildman–Crippen LogP) is 3.11. The van der Waals surface area contributed by atoms with E-state index in [0.29, 0.717) is 19.8 Å². The van der Waals surface area contributed by atoms with Crippen LogP contribution in [0.25, 0.3) is 0 Å². The van der Waals surface area contributed by atoms with E-state index >= 15 is 0 Å². The molecule has 0 rings (SSSR count). The van der Waals surface area contributed by atoms with Gasteiger partial charge >= 0.3 is 5.97 Å². The van der Waals surface area contributed by atoms with Crippen LogP contribution in [0.4, 0.5) is 0 Å². The molecule has 0 aliphatic rings. The summed E-state index contributed by atoms with van der Waals surface area (Å²) in [7, 11) is 1.62. The number of hydrogen-bond acceptors (Lipinski definition) is 5. The van der Waals surface area contributed by atoms with E-state index in [0.717, 1.165) is 45.1 Å². The number of ketones is 1. The van der Waals surface area contributed by atoms with Crippen molar-refractivity contribution in [1.29, 1.82) is 0 Å². The summed E-state index contributed by atoms with van der Waals surface area (Å²) < 4.78 is 14.9. The summed E-state index contributed by atoms with van der Waals surface area (Å²) in [6.07, 6.45) is 6.99. The van der Waals surface area contributed by atoms with Crippen LogP contribution in [0.5, 0.6) is 0 Å². The smallest absolute Gasteiger partial charge is 0.316 e. The zero-order valence-electron chi connectivity index (χ0n) is 13.7. The van der Waals surface area contributed by atoms with Gasteiger partial charge in [-0.3, -0.25) is 9.59 Å². The molecule has 0 saturated carbocycles. The standard InChI is InChI=1S/C16H30O5/c1-4-21-16(18)15(14(2)17)11-9-7-5-6-8-10-12-20-13-19-3/h15H,4-13H2,1-3H3. The maximum atomic E-state index is 11.6. The minimum atomic E-state index is -0.576. The summed E-state index contributed by atoms with van der Waals surface area (Å²) in [5, 5.41) is 0. The molecule has 124 valence electrons. The number of ether oxygens (including phenoxy) is 3. The Kier molecular flexibility index (Phi) is 13.4. The Morgan fingerprint density at radius 3 is 2.19 bits per heavy atom. The van der Waals surface area contributed by atoms with E-state index < -0.39 is 5.92 Å². The zero-order valence-corrected chi connectivity index (χ0v) is 13.7. The van der Waals surface area contributed by atoms with Crippen molar-refractivity contribution in [2.45, 2.75) is 58.8 Å².